The number of nitrogens with zero attached hydrogens (tertiary/aromatic N) is 2. The molecule has 2 atom stereocenters. The average molecular weight is 358 g/mol. The van der Waals surface area contributed by atoms with E-state index < -0.39 is 5.97 Å². The second-order valence-electron chi connectivity index (χ2n) is 6.71. The molecule has 0 N–H and O–H groups in total. The van der Waals surface area contributed by atoms with E-state index in [1.165, 1.54) is 17.4 Å². The van der Waals surface area contributed by atoms with Crippen LogP contribution in [-0.4, -0.2) is 41.5 Å². The highest BCUT2D eigenvalue weighted by Gasteiger charge is 2.25. The Labute approximate surface area is 151 Å². The van der Waals surface area contributed by atoms with Crippen LogP contribution in [0.4, 0.5) is 0 Å². The van der Waals surface area contributed by atoms with Crippen molar-refractivity contribution >= 4 is 39.5 Å². The summed E-state index contributed by atoms with van der Waals surface area (Å²) in [7, 11) is 0. The van der Waals surface area contributed by atoms with Gasteiger partial charge in [0.2, 0.25) is 0 Å². The third-order valence-electron chi connectivity index (χ3n) is 4.23. The fourth-order valence-corrected chi connectivity index (χ4v) is 4.11. The molecule has 1 saturated heterocycles. The van der Waals surface area contributed by atoms with Gasteiger partial charge in [-0.25, -0.2) is 9.78 Å². The molecule has 0 aliphatic carbocycles. The Morgan fingerprint density at radius 3 is 2.72 bits per heavy atom. The van der Waals surface area contributed by atoms with Gasteiger partial charge in [0.05, 0.1) is 10.2 Å². The second kappa shape index (κ2) is 7.78. The zero-order valence-electron chi connectivity index (χ0n) is 14.5. The molecule has 1 amide bonds. The van der Waals surface area contributed by atoms with Crippen molar-refractivity contribution in [3.63, 3.8) is 0 Å². The lowest BCUT2D eigenvalue weighted by Crippen LogP contribution is -2.44. The summed E-state index contributed by atoms with van der Waals surface area (Å²) in [5.41, 5.74) is 0.907. The van der Waals surface area contributed by atoms with E-state index in [4.69, 9.17) is 4.74 Å². The Morgan fingerprint density at radius 2 is 2.00 bits per heavy atom. The van der Waals surface area contributed by atoms with E-state index in [0.29, 0.717) is 11.8 Å². The Hall–Kier alpha value is -2.21. The van der Waals surface area contributed by atoms with Gasteiger partial charge in [0.1, 0.15) is 5.01 Å². The lowest BCUT2D eigenvalue weighted by Gasteiger charge is -2.34. The normalized spacial score (nSPS) is 21.0. The predicted octanol–water partition coefficient (Wildman–Crippen LogP) is 3.36. The fourth-order valence-electron chi connectivity index (χ4n) is 3.24. The van der Waals surface area contributed by atoms with Crippen molar-refractivity contribution < 1.29 is 14.3 Å². The topological polar surface area (TPSA) is 59.5 Å². The predicted molar refractivity (Wildman–Crippen MR) is 99.1 cm³/mol. The van der Waals surface area contributed by atoms with Gasteiger partial charge in [-0.05, 0) is 36.5 Å². The molecule has 132 valence electrons. The molecule has 1 fully saturated rings. The number of rotatable bonds is 4. The summed E-state index contributed by atoms with van der Waals surface area (Å²) in [6.45, 7) is 5.55. The summed E-state index contributed by atoms with van der Waals surface area (Å²) in [6, 6.07) is 7.80. The van der Waals surface area contributed by atoms with Crippen LogP contribution in [0.15, 0.2) is 30.3 Å². The van der Waals surface area contributed by atoms with Gasteiger partial charge in [0, 0.05) is 19.2 Å². The molecule has 1 aliphatic heterocycles. The van der Waals surface area contributed by atoms with E-state index in [-0.39, 0.29) is 12.5 Å². The number of likely N-dealkylation sites (tertiary alicyclic amines) is 1. The van der Waals surface area contributed by atoms with E-state index in [1.807, 2.05) is 24.3 Å². The number of para-hydroxylation sites is 1. The van der Waals surface area contributed by atoms with Gasteiger partial charge in [-0.2, -0.15) is 0 Å². The minimum atomic E-state index is -0.522. The maximum absolute atomic E-state index is 12.2. The number of piperidine rings is 1. The Kier molecular flexibility index (Phi) is 5.48. The number of ether oxygens (including phenoxy) is 1. The molecule has 1 aromatic carbocycles. The van der Waals surface area contributed by atoms with Crippen molar-refractivity contribution in [1.29, 1.82) is 0 Å². The standard InChI is InChI=1S/C19H22N2O3S/c1-13-9-14(2)11-21(10-13)18(22)12-24-19(23)8-7-17-20-15-5-3-4-6-16(15)25-17/h3-8,13-14H,9-12H2,1-2H3/b8-7+/t13-,14-/m0/s1. The van der Waals surface area contributed by atoms with Crippen LogP contribution in [0.3, 0.4) is 0 Å². The maximum atomic E-state index is 12.2. The summed E-state index contributed by atoms with van der Waals surface area (Å²) in [6.07, 6.45) is 4.09. The average Bonchev–Trinajstić information content (AvgIpc) is 3.00. The number of hydrogen-bond acceptors (Lipinski definition) is 5. The molecule has 5 nitrogen and oxygen atoms in total. The number of amides is 1. The molecule has 6 heteroatoms. The van der Waals surface area contributed by atoms with Crippen molar-refractivity contribution in [2.75, 3.05) is 19.7 Å². The third kappa shape index (κ3) is 4.66. The number of aromatic nitrogens is 1. The molecule has 3 rings (SSSR count). The fraction of sp³-hybridized carbons (Fsp3) is 0.421. The molecule has 0 saturated carbocycles. The lowest BCUT2D eigenvalue weighted by atomic mass is 9.92. The Morgan fingerprint density at radius 1 is 1.28 bits per heavy atom. The van der Waals surface area contributed by atoms with Crippen molar-refractivity contribution in [3.8, 4) is 0 Å². The number of fused-ring (bicyclic) bond motifs is 1. The highest BCUT2D eigenvalue weighted by molar-refractivity contribution is 7.19. The van der Waals surface area contributed by atoms with E-state index in [2.05, 4.69) is 18.8 Å². The molecule has 0 spiro atoms. The van der Waals surface area contributed by atoms with E-state index >= 15 is 0 Å². The molecular formula is C19H22N2O3S. The first-order chi connectivity index (χ1) is 12.0. The number of hydrogen-bond donors (Lipinski definition) is 0. The Bertz CT molecular complexity index is 756. The molecule has 0 unspecified atom stereocenters. The molecule has 0 bridgehead atoms. The zero-order valence-corrected chi connectivity index (χ0v) is 15.3. The van der Waals surface area contributed by atoms with Crippen molar-refractivity contribution in [3.05, 3.63) is 35.3 Å². The summed E-state index contributed by atoms with van der Waals surface area (Å²) in [5, 5.41) is 0.739. The first-order valence-electron chi connectivity index (χ1n) is 8.49. The van der Waals surface area contributed by atoms with Crippen LogP contribution in [0.2, 0.25) is 0 Å². The minimum Gasteiger partial charge on any atom is -0.452 e. The van der Waals surface area contributed by atoms with E-state index in [0.717, 1.165) is 34.7 Å². The maximum Gasteiger partial charge on any atom is 0.331 e. The van der Waals surface area contributed by atoms with E-state index in [1.54, 1.807) is 11.0 Å². The smallest absolute Gasteiger partial charge is 0.331 e. The Balaban J connectivity index is 1.51. The van der Waals surface area contributed by atoms with Gasteiger partial charge in [0.25, 0.3) is 5.91 Å². The van der Waals surface area contributed by atoms with Gasteiger partial charge in [-0.3, -0.25) is 4.79 Å². The molecule has 2 aromatic rings. The summed E-state index contributed by atoms with van der Waals surface area (Å²) < 4.78 is 6.15. The number of benzene rings is 1. The van der Waals surface area contributed by atoms with Crippen LogP contribution in [0.5, 0.6) is 0 Å². The lowest BCUT2D eigenvalue weighted by molar-refractivity contribution is -0.149. The number of carbonyl (C=O) groups excluding carboxylic acids is 2. The molecule has 2 heterocycles. The van der Waals surface area contributed by atoms with Crippen LogP contribution in [0, 0.1) is 11.8 Å². The second-order valence-corrected chi connectivity index (χ2v) is 7.77. The van der Waals surface area contributed by atoms with Crippen molar-refractivity contribution in [2.45, 2.75) is 20.3 Å². The first-order valence-corrected chi connectivity index (χ1v) is 9.31. The number of thiazole rings is 1. The summed E-state index contributed by atoms with van der Waals surface area (Å²) >= 11 is 1.51. The van der Waals surface area contributed by atoms with Gasteiger partial charge < -0.3 is 9.64 Å². The highest BCUT2D eigenvalue weighted by Crippen LogP contribution is 2.22. The van der Waals surface area contributed by atoms with Gasteiger partial charge in [-0.15, -0.1) is 11.3 Å². The number of carbonyl (C=O) groups is 2. The quantitative estimate of drug-likeness (QED) is 0.621. The van der Waals surface area contributed by atoms with Crippen molar-refractivity contribution in [2.24, 2.45) is 11.8 Å². The molecule has 0 radical (unpaired) electrons. The monoisotopic (exact) mass is 358 g/mol. The van der Waals surface area contributed by atoms with Crippen LogP contribution in [-0.2, 0) is 14.3 Å². The summed E-state index contributed by atoms with van der Waals surface area (Å²) in [5.74, 6) is 0.329. The van der Waals surface area contributed by atoms with Crippen LogP contribution >= 0.6 is 11.3 Å². The molecule has 1 aliphatic rings. The molecular weight excluding hydrogens is 336 g/mol. The molecule has 25 heavy (non-hydrogen) atoms. The SMILES string of the molecule is C[C@H]1C[C@H](C)CN(C(=O)COC(=O)/C=C/c2nc3ccccc3s2)C1. The van der Waals surface area contributed by atoms with Gasteiger partial charge >= 0.3 is 5.97 Å². The van der Waals surface area contributed by atoms with E-state index in [9.17, 15) is 9.59 Å². The van der Waals surface area contributed by atoms with Crippen molar-refractivity contribution in [1.82, 2.24) is 9.88 Å². The number of esters is 1. The zero-order chi connectivity index (χ0) is 17.8. The minimum absolute atomic E-state index is 0.125. The van der Waals surface area contributed by atoms with Crippen LogP contribution in [0.1, 0.15) is 25.3 Å². The largest absolute Gasteiger partial charge is 0.452 e. The van der Waals surface area contributed by atoms with Crippen LogP contribution < -0.4 is 0 Å². The van der Waals surface area contributed by atoms with Gasteiger partial charge in [-0.1, -0.05) is 26.0 Å². The van der Waals surface area contributed by atoms with Crippen LogP contribution in [0.25, 0.3) is 16.3 Å². The molecule has 1 aromatic heterocycles. The summed E-state index contributed by atoms with van der Waals surface area (Å²) in [4.78, 5) is 30.3. The first kappa shape index (κ1) is 17.6. The van der Waals surface area contributed by atoms with Gasteiger partial charge in [0.15, 0.2) is 6.61 Å². The third-order valence-corrected chi connectivity index (χ3v) is 5.23. The highest BCUT2D eigenvalue weighted by atomic mass is 32.1.